The highest BCUT2D eigenvalue weighted by molar-refractivity contribution is 5.54. The lowest BCUT2D eigenvalue weighted by Crippen LogP contribution is -2.29. The van der Waals surface area contributed by atoms with Crippen molar-refractivity contribution in [2.75, 3.05) is 19.4 Å². The molecule has 0 fully saturated rings. The van der Waals surface area contributed by atoms with Gasteiger partial charge < -0.3 is 20.9 Å². The fourth-order valence-corrected chi connectivity index (χ4v) is 1.54. The number of methoxy groups -OCH3 is 1. The zero-order chi connectivity index (χ0) is 12.8. The van der Waals surface area contributed by atoms with E-state index in [4.69, 9.17) is 10.5 Å². The number of anilines is 1. The average Bonchev–Trinajstić information content (AvgIpc) is 2.35. The highest BCUT2D eigenvalue weighted by Gasteiger charge is 2.10. The molecule has 0 aliphatic rings. The molecule has 4 N–H and O–H groups in total. The molecule has 17 heavy (non-hydrogen) atoms. The predicted molar refractivity (Wildman–Crippen MR) is 70.1 cm³/mol. The lowest BCUT2D eigenvalue weighted by Gasteiger charge is -2.17. The summed E-state index contributed by atoms with van der Waals surface area (Å²) in [5, 5.41) is 13.3. The smallest absolute Gasteiger partial charge is 0.141 e. The SMILES string of the molecule is CCC(C)NCC(O)c1ccc(OC)c(N)c1. The van der Waals surface area contributed by atoms with Gasteiger partial charge >= 0.3 is 0 Å². The molecule has 4 nitrogen and oxygen atoms in total. The van der Waals surface area contributed by atoms with E-state index in [0.717, 1.165) is 12.0 Å². The number of aliphatic hydroxyl groups excluding tert-OH is 1. The highest BCUT2D eigenvalue weighted by atomic mass is 16.5. The molecule has 1 aromatic rings. The van der Waals surface area contributed by atoms with E-state index < -0.39 is 6.10 Å². The van der Waals surface area contributed by atoms with Crippen LogP contribution in [0.15, 0.2) is 18.2 Å². The van der Waals surface area contributed by atoms with E-state index in [2.05, 4.69) is 19.2 Å². The Morgan fingerprint density at radius 1 is 1.47 bits per heavy atom. The van der Waals surface area contributed by atoms with Crippen molar-refractivity contribution in [1.29, 1.82) is 0 Å². The second kappa shape index (κ2) is 6.47. The number of aliphatic hydroxyl groups is 1. The van der Waals surface area contributed by atoms with Crippen LogP contribution < -0.4 is 15.8 Å². The Kier molecular flexibility index (Phi) is 5.25. The van der Waals surface area contributed by atoms with Crippen LogP contribution in [0.5, 0.6) is 5.75 Å². The van der Waals surface area contributed by atoms with Crippen LogP contribution in [0.1, 0.15) is 31.9 Å². The molecule has 1 rings (SSSR count). The van der Waals surface area contributed by atoms with Crippen LogP contribution in [0, 0.1) is 0 Å². The van der Waals surface area contributed by atoms with Crippen molar-refractivity contribution in [3.63, 3.8) is 0 Å². The summed E-state index contributed by atoms with van der Waals surface area (Å²) >= 11 is 0. The number of benzene rings is 1. The van der Waals surface area contributed by atoms with Gasteiger partial charge in [0.25, 0.3) is 0 Å². The quantitative estimate of drug-likeness (QED) is 0.660. The maximum atomic E-state index is 9.99. The van der Waals surface area contributed by atoms with Crippen LogP contribution in [-0.2, 0) is 0 Å². The summed E-state index contributed by atoms with van der Waals surface area (Å²) < 4.78 is 5.07. The van der Waals surface area contributed by atoms with Gasteiger partial charge in [-0.2, -0.15) is 0 Å². The van der Waals surface area contributed by atoms with E-state index in [9.17, 15) is 5.11 Å². The van der Waals surface area contributed by atoms with Gasteiger partial charge in [0.15, 0.2) is 0 Å². The van der Waals surface area contributed by atoms with Crippen molar-refractivity contribution in [3.05, 3.63) is 23.8 Å². The zero-order valence-corrected chi connectivity index (χ0v) is 10.7. The molecule has 0 saturated heterocycles. The lowest BCUT2D eigenvalue weighted by atomic mass is 10.1. The third kappa shape index (κ3) is 3.91. The molecule has 0 saturated carbocycles. The van der Waals surface area contributed by atoms with Gasteiger partial charge in [0, 0.05) is 12.6 Å². The van der Waals surface area contributed by atoms with Crippen LogP contribution in [0.25, 0.3) is 0 Å². The minimum Gasteiger partial charge on any atom is -0.495 e. The largest absolute Gasteiger partial charge is 0.495 e. The van der Waals surface area contributed by atoms with Crippen molar-refractivity contribution in [3.8, 4) is 5.75 Å². The molecule has 96 valence electrons. The number of ether oxygens (including phenoxy) is 1. The minimum atomic E-state index is -0.544. The summed E-state index contributed by atoms with van der Waals surface area (Å²) in [4.78, 5) is 0. The Labute approximate surface area is 103 Å². The molecular weight excluding hydrogens is 216 g/mol. The molecule has 0 spiro atoms. The summed E-state index contributed by atoms with van der Waals surface area (Å²) in [7, 11) is 1.58. The van der Waals surface area contributed by atoms with E-state index in [0.29, 0.717) is 24.0 Å². The van der Waals surface area contributed by atoms with Gasteiger partial charge in [0.05, 0.1) is 18.9 Å². The molecule has 2 unspecified atom stereocenters. The molecule has 0 aliphatic carbocycles. The first-order valence-electron chi connectivity index (χ1n) is 5.93. The summed E-state index contributed by atoms with van der Waals surface area (Å²) in [6, 6.07) is 5.76. The molecule has 1 aromatic carbocycles. The monoisotopic (exact) mass is 238 g/mol. The fraction of sp³-hybridized carbons (Fsp3) is 0.538. The number of nitrogen functional groups attached to an aromatic ring is 1. The Morgan fingerprint density at radius 2 is 2.18 bits per heavy atom. The predicted octanol–water partition coefficient (Wildman–Crippen LogP) is 1.70. The van der Waals surface area contributed by atoms with Crippen molar-refractivity contribution in [2.45, 2.75) is 32.4 Å². The highest BCUT2D eigenvalue weighted by Crippen LogP contribution is 2.25. The Bertz CT molecular complexity index is 355. The van der Waals surface area contributed by atoms with Crippen LogP contribution in [0.4, 0.5) is 5.69 Å². The molecule has 0 aliphatic heterocycles. The minimum absolute atomic E-state index is 0.403. The third-order valence-electron chi connectivity index (χ3n) is 2.91. The van der Waals surface area contributed by atoms with Gasteiger partial charge in [-0.3, -0.25) is 0 Å². The molecule has 4 heteroatoms. The van der Waals surface area contributed by atoms with Crippen LogP contribution in [-0.4, -0.2) is 24.8 Å². The average molecular weight is 238 g/mol. The Balaban J connectivity index is 2.63. The van der Waals surface area contributed by atoms with Crippen LogP contribution >= 0.6 is 0 Å². The molecule has 0 bridgehead atoms. The second-order valence-electron chi connectivity index (χ2n) is 4.23. The third-order valence-corrected chi connectivity index (χ3v) is 2.91. The zero-order valence-electron chi connectivity index (χ0n) is 10.7. The van der Waals surface area contributed by atoms with Gasteiger partial charge in [0.2, 0.25) is 0 Å². The summed E-state index contributed by atoms with van der Waals surface area (Å²) in [5.74, 6) is 0.635. The maximum absolute atomic E-state index is 9.99. The van der Waals surface area contributed by atoms with Gasteiger partial charge in [0.1, 0.15) is 5.75 Å². The Morgan fingerprint density at radius 3 is 2.71 bits per heavy atom. The number of nitrogens with one attached hydrogen (secondary N) is 1. The van der Waals surface area contributed by atoms with Gasteiger partial charge in [-0.25, -0.2) is 0 Å². The van der Waals surface area contributed by atoms with E-state index in [1.54, 1.807) is 19.2 Å². The van der Waals surface area contributed by atoms with Crippen molar-refractivity contribution in [2.24, 2.45) is 0 Å². The fourth-order valence-electron chi connectivity index (χ4n) is 1.54. The first-order valence-corrected chi connectivity index (χ1v) is 5.93. The molecule has 0 aromatic heterocycles. The van der Waals surface area contributed by atoms with E-state index in [1.165, 1.54) is 0 Å². The summed E-state index contributed by atoms with van der Waals surface area (Å²) in [6.07, 6.45) is 0.495. The normalized spacial score (nSPS) is 14.4. The first kappa shape index (κ1) is 13.8. The second-order valence-corrected chi connectivity index (χ2v) is 4.23. The molecule has 2 atom stereocenters. The van der Waals surface area contributed by atoms with Crippen LogP contribution in [0.2, 0.25) is 0 Å². The maximum Gasteiger partial charge on any atom is 0.141 e. The van der Waals surface area contributed by atoms with Crippen LogP contribution in [0.3, 0.4) is 0 Å². The van der Waals surface area contributed by atoms with E-state index in [1.807, 2.05) is 6.07 Å². The summed E-state index contributed by atoms with van der Waals surface area (Å²) in [5.41, 5.74) is 7.15. The van der Waals surface area contributed by atoms with E-state index in [-0.39, 0.29) is 0 Å². The van der Waals surface area contributed by atoms with Gasteiger partial charge in [-0.15, -0.1) is 0 Å². The van der Waals surface area contributed by atoms with Crippen molar-refractivity contribution in [1.82, 2.24) is 5.32 Å². The number of hydrogen-bond acceptors (Lipinski definition) is 4. The number of nitrogens with two attached hydrogens (primary N) is 1. The topological polar surface area (TPSA) is 67.5 Å². The molecular formula is C13H22N2O2. The van der Waals surface area contributed by atoms with Crippen molar-refractivity contribution >= 4 is 5.69 Å². The van der Waals surface area contributed by atoms with Gasteiger partial charge in [-0.05, 0) is 31.0 Å². The molecule has 0 heterocycles. The Hall–Kier alpha value is -1.26. The molecule has 0 amide bonds. The first-order chi connectivity index (χ1) is 8.08. The number of rotatable bonds is 6. The van der Waals surface area contributed by atoms with Gasteiger partial charge in [-0.1, -0.05) is 13.0 Å². The number of hydrogen-bond donors (Lipinski definition) is 3. The summed E-state index contributed by atoms with van der Waals surface area (Å²) in [6.45, 7) is 4.73. The standard InChI is InChI=1S/C13H22N2O2/c1-4-9(2)15-8-12(16)10-5-6-13(17-3)11(14)7-10/h5-7,9,12,15-16H,4,8,14H2,1-3H3. The van der Waals surface area contributed by atoms with E-state index >= 15 is 0 Å². The lowest BCUT2D eigenvalue weighted by molar-refractivity contribution is 0.170. The molecule has 0 radical (unpaired) electrons. The van der Waals surface area contributed by atoms with Crippen molar-refractivity contribution < 1.29 is 9.84 Å².